The molecule has 1 atom stereocenters. The number of halogens is 1. The number of anilines is 2. The minimum absolute atomic E-state index is 0.0671. The largest absolute Gasteiger partial charge is 0.481 e. The molecule has 0 aliphatic rings. The van der Waals surface area contributed by atoms with Crippen molar-refractivity contribution in [2.24, 2.45) is 5.92 Å². The van der Waals surface area contributed by atoms with Crippen molar-refractivity contribution in [3.8, 4) is 0 Å². The molecular formula is C25H26ClN5O4. The van der Waals surface area contributed by atoms with Crippen LogP contribution in [-0.4, -0.2) is 30.2 Å². The van der Waals surface area contributed by atoms with Crippen molar-refractivity contribution in [2.75, 3.05) is 5.32 Å². The zero-order valence-corrected chi connectivity index (χ0v) is 20.4. The Bertz CT molecular complexity index is 1520. The topological polar surface area (TPSA) is 122 Å². The number of nitrogens with zero attached hydrogens (tertiary/aromatic N) is 3. The summed E-state index contributed by atoms with van der Waals surface area (Å²) in [6, 6.07) is 12.7. The summed E-state index contributed by atoms with van der Waals surface area (Å²) in [6.07, 6.45) is 0.873. The minimum Gasteiger partial charge on any atom is -0.481 e. The first-order valence-electron chi connectivity index (χ1n) is 11.2. The molecule has 0 unspecified atom stereocenters. The van der Waals surface area contributed by atoms with Gasteiger partial charge in [0.05, 0.1) is 12.5 Å². The second-order valence-corrected chi connectivity index (χ2v) is 8.97. The van der Waals surface area contributed by atoms with Crippen LogP contribution in [-0.2, 0) is 24.3 Å². The maximum absolute atomic E-state index is 13.4. The quantitative estimate of drug-likeness (QED) is 0.340. The molecule has 35 heavy (non-hydrogen) atoms. The summed E-state index contributed by atoms with van der Waals surface area (Å²) in [5.41, 5.74) is 3.24. The second-order valence-electron chi connectivity index (χ2n) is 8.53. The third kappa shape index (κ3) is 5.00. The van der Waals surface area contributed by atoms with E-state index >= 15 is 0 Å². The van der Waals surface area contributed by atoms with Crippen LogP contribution in [0.15, 0.2) is 52.1 Å². The van der Waals surface area contributed by atoms with Crippen LogP contribution in [0.1, 0.15) is 30.7 Å². The number of rotatable bonds is 8. The van der Waals surface area contributed by atoms with Crippen molar-refractivity contribution in [3.05, 3.63) is 85.3 Å². The first kappa shape index (κ1) is 24.3. The molecule has 2 aromatic heterocycles. The highest BCUT2D eigenvalue weighted by atomic mass is 35.5. The van der Waals surface area contributed by atoms with Crippen LogP contribution in [0, 0.1) is 12.8 Å². The first-order chi connectivity index (χ1) is 16.7. The number of hydrogen-bond acceptors (Lipinski definition) is 5. The number of aliphatic carboxylic acids is 1. The Labute approximate surface area is 206 Å². The molecule has 0 amide bonds. The average Bonchev–Trinajstić information content (AvgIpc) is 3.15. The summed E-state index contributed by atoms with van der Waals surface area (Å²) >= 11 is 5.99. The summed E-state index contributed by atoms with van der Waals surface area (Å²) in [5, 5.41) is 14.0. The highest BCUT2D eigenvalue weighted by molar-refractivity contribution is 6.30. The number of carboxylic acid groups (broad SMARTS) is 1. The van der Waals surface area contributed by atoms with Gasteiger partial charge >= 0.3 is 17.3 Å². The van der Waals surface area contributed by atoms with Gasteiger partial charge < -0.3 is 15.4 Å². The molecular weight excluding hydrogens is 470 g/mol. The van der Waals surface area contributed by atoms with Crippen LogP contribution in [0.5, 0.6) is 0 Å². The number of hydrogen-bond donors (Lipinski definition) is 3. The Morgan fingerprint density at radius 1 is 1.17 bits per heavy atom. The van der Waals surface area contributed by atoms with Gasteiger partial charge in [0.25, 0.3) is 0 Å². The third-order valence-electron chi connectivity index (χ3n) is 6.05. The number of carbonyl (C=O) groups is 1. The van der Waals surface area contributed by atoms with Gasteiger partial charge in [-0.2, -0.15) is 4.98 Å². The highest BCUT2D eigenvalue weighted by Crippen LogP contribution is 2.26. The van der Waals surface area contributed by atoms with E-state index in [9.17, 15) is 19.5 Å². The lowest BCUT2D eigenvalue weighted by molar-refractivity contribution is -0.141. The summed E-state index contributed by atoms with van der Waals surface area (Å²) in [6.45, 7) is 5.38. The van der Waals surface area contributed by atoms with Gasteiger partial charge in [-0.25, -0.2) is 14.2 Å². The van der Waals surface area contributed by atoms with Crippen molar-refractivity contribution < 1.29 is 9.90 Å². The Morgan fingerprint density at radius 2 is 1.89 bits per heavy atom. The smallest absolute Gasteiger partial charge is 0.354 e. The molecule has 0 saturated carbocycles. The lowest BCUT2D eigenvalue weighted by Crippen LogP contribution is -2.44. The molecule has 0 bridgehead atoms. The number of benzene rings is 2. The van der Waals surface area contributed by atoms with Crippen LogP contribution in [0.3, 0.4) is 0 Å². The van der Waals surface area contributed by atoms with Gasteiger partial charge in [-0.1, -0.05) is 37.6 Å². The van der Waals surface area contributed by atoms with E-state index in [1.807, 2.05) is 25.1 Å². The van der Waals surface area contributed by atoms with Crippen LogP contribution >= 0.6 is 11.6 Å². The SMILES string of the molecule is CCc1[nH]c2ccc(Nc3nc(=O)n(C[C@H](C)C(=O)O)c(=O)n3Cc3ccc(Cl)cc3)cc2c1C. The molecule has 0 radical (unpaired) electrons. The molecule has 0 spiro atoms. The lowest BCUT2D eigenvalue weighted by Gasteiger charge is -2.16. The number of fused-ring (bicyclic) bond motifs is 1. The van der Waals surface area contributed by atoms with Crippen LogP contribution < -0.4 is 16.7 Å². The molecule has 0 saturated heterocycles. The van der Waals surface area contributed by atoms with E-state index in [-0.39, 0.29) is 19.0 Å². The van der Waals surface area contributed by atoms with Crippen LogP contribution in [0.4, 0.5) is 11.6 Å². The molecule has 182 valence electrons. The summed E-state index contributed by atoms with van der Waals surface area (Å²) in [5.74, 6) is -1.97. The molecule has 2 aromatic carbocycles. The Kier molecular flexibility index (Phi) is 6.79. The van der Waals surface area contributed by atoms with E-state index < -0.39 is 23.3 Å². The van der Waals surface area contributed by atoms with Gasteiger partial charge in [-0.3, -0.25) is 9.36 Å². The highest BCUT2D eigenvalue weighted by Gasteiger charge is 2.19. The van der Waals surface area contributed by atoms with Crippen LogP contribution in [0.25, 0.3) is 10.9 Å². The van der Waals surface area contributed by atoms with E-state index in [4.69, 9.17) is 11.6 Å². The number of carboxylic acids is 1. The van der Waals surface area contributed by atoms with E-state index in [0.29, 0.717) is 10.7 Å². The Hall–Kier alpha value is -3.85. The van der Waals surface area contributed by atoms with Gasteiger partial charge in [-0.05, 0) is 54.8 Å². The van der Waals surface area contributed by atoms with Gasteiger partial charge in [0.1, 0.15) is 0 Å². The second kappa shape index (κ2) is 9.79. The summed E-state index contributed by atoms with van der Waals surface area (Å²) < 4.78 is 2.18. The number of nitrogens with one attached hydrogen (secondary N) is 2. The monoisotopic (exact) mass is 495 g/mol. The normalized spacial score (nSPS) is 12.1. The molecule has 10 heteroatoms. The predicted octanol–water partition coefficient (Wildman–Crippen LogP) is 3.92. The zero-order chi connectivity index (χ0) is 25.3. The number of aromatic nitrogens is 4. The van der Waals surface area contributed by atoms with Crippen LogP contribution in [0.2, 0.25) is 5.02 Å². The maximum atomic E-state index is 13.4. The molecule has 4 rings (SSSR count). The Morgan fingerprint density at radius 3 is 2.54 bits per heavy atom. The van der Waals surface area contributed by atoms with E-state index in [0.717, 1.165) is 38.7 Å². The minimum atomic E-state index is -1.11. The van der Waals surface area contributed by atoms with Gasteiger partial charge in [0.2, 0.25) is 5.95 Å². The molecule has 0 aliphatic carbocycles. The molecule has 0 aliphatic heterocycles. The fourth-order valence-electron chi connectivity index (χ4n) is 3.99. The Balaban J connectivity index is 1.80. The molecule has 2 heterocycles. The fraction of sp³-hybridized carbons (Fsp3) is 0.280. The van der Waals surface area contributed by atoms with E-state index in [1.165, 1.54) is 11.5 Å². The van der Waals surface area contributed by atoms with E-state index in [1.54, 1.807) is 24.3 Å². The first-order valence-corrected chi connectivity index (χ1v) is 11.6. The standard InChI is InChI=1S/C25H26ClN5O4/c1-4-20-15(3)19-11-18(9-10-21(19)28-20)27-23-29-24(34)31(12-14(2)22(32)33)25(35)30(23)13-16-5-7-17(26)8-6-16/h5-11,14,28H,4,12-13H2,1-3H3,(H,32,33)(H,27,29,34)/t14-/m0/s1. The summed E-state index contributed by atoms with van der Waals surface area (Å²) in [4.78, 5) is 44.9. The lowest BCUT2D eigenvalue weighted by atomic mass is 10.1. The van der Waals surface area contributed by atoms with Crippen molar-refractivity contribution in [1.82, 2.24) is 19.1 Å². The zero-order valence-electron chi connectivity index (χ0n) is 19.6. The third-order valence-corrected chi connectivity index (χ3v) is 6.31. The number of H-pyrrole nitrogens is 1. The predicted molar refractivity (Wildman–Crippen MR) is 136 cm³/mol. The van der Waals surface area contributed by atoms with Gasteiger partial charge in [0.15, 0.2) is 0 Å². The van der Waals surface area contributed by atoms with E-state index in [2.05, 4.69) is 22.2 Å². The molecule has 3 N–H and O–H groups in total. The fourth-order valence-corrected chi connectivity index (χ4v) is 4.12. The average molecular weight is 496 g/mol. The van der Waals surface area contributed by atoms with Crippen molar-refractivity contribution >= 4 is 40.1 Å². The van der Waals surface area contributed by atoms with Crippen molar-refractivity contribution in [1.29, 1.82) is 0 Å². The maximum Gasteiger partial charge on any atom is 0.354 e. The van der Waals surface area contributed by atoms with Gasteiger partial charge in [0, 0.05) is 33.9 Å². The number of aromatic amines is 1. The number of aryl methyl sites for hydroxylation is 2. The molecule has 9 nitrogen and oxygen atoms in total. The van der Waals surface area contributed by atoms with Crippen molar-refractivity contribution in [2.45, 2.75) is 40.3 Å². The molecule has 4 aromatic rings. The van der Waals surface area contributed by atoms with Crippen molar-refractivity contribution in [3.63, 3.8) is 0 Å². The molecule has 0 fully saturated rings. The van der Waals surface area contributed by atoms with Gasteiger partial charge in [-0.15, -0.1) is 0 Å². The summed E-state index contributed by atoms with van der Waals surface area (Å²) in [7, 11) is 0.